The normalized spacial score (nSPS) is 9.57. The Morgan fingerprint density at radius 2 is 1.86 bits per heavy atom. The third kappa shape index (κ3) is 2.75. The van der Waals surface area contributed by atoms with E-state index >= 15 is 0 Å². The molecule has 2 aromatic rings. The maximum Gasteiger partial charge on any atom is 0.130 e. The maximum atomic E-state index is 8.95. The monoisotopic (exact) mass is 233 g/mol. The van der Waals surface area contributed by atoms with Gasteiger partial charge in [-0.2, -0.15) is 0 Å². The van der Waals surface area contributed by atoms with Gasteiger partial charge in [-0.1, -0.05) is 17.0 Å². The molecule has 0 unspecified atom stereocenters. The van der Waals surface area contributed by atoms with Crippen molar-refractivity contribution >= 4 is 34.2 Å². The Kier molecular flexibility index (Phi) is 4.49. The smallest absolute Gasteiger partial charge is 0.130 e. The molecular formula is C8H9Cl2N3O. The topological polar surface area (TPSA) is 50.9 Å². The largest absolute Gasteiger partial charge is 0.410 e. The van der Waals surface area contributed by atoms with Crippen molar-refractivity contribution in [3.63, 3.8) is 0 Å². The third-order valence-corrected chi connectivity index (χ3v) is 1.98. The van der Waals surface area contributed by atoms with Crippen LogP contribution in [0.5, 0.6) is 0 Å². The zero-order valence-electron chi connectivity index (χ0n) is 7.27. The van der Waals surface area contributed by atoms with Crippen molar-refractivity contribution in [1.82, 2.24) is 15.2 Å². The van der Waals surface area contributed by atoms with Crippen molar-refractivity contribution in [1.29, 1.82) is 0 Å². The Morgan fingerprint density at radius 1 is 1.21 bits per heavy atom. The molecule has 0 saturated carbocycles. The molecule has 6 heteroatoms. The molecule has 0 fully saturated rings. The standard InChI is InChI=1S/C6H5N3O.C2H4Cl2/c10-9-6-4-2-1-3-5(6)7-8-9;3-1-2-4/h1-4,10H;1-2H2. The second-order valence-electron chi connectivity index (χ2n) is 2.35. The summed E-state index contributed by atoms with van der Waals surface area (Å²) in [6, 6.07) is 7.19. The zero-order chi connectivity index (χ0) is 10.4. The van der Waals surface area contributed by atoms with Crippen LogP contribution in [-0.4, -0.2) is 32.1 Å². The molecule has 76 valence electrons. The van der Waals surface area contributed by atoms with Gasteiger partial charge in [0.15, 0.2) is 0 Å². The van der Waals surface area contributed by atoms with Crippen LogP contribution in [0.15, 0.2) is 24.3 Å². The van der Waals surface area contributed by atoms with E-state index in [4.69, 9.17) is 28.4 Å². The Balaban J connectivity index is 0.000000213. The highest BCUT2D eigenvalue weighted by Crippen LogP contribution is 2.06. The SMILES string of the molecule is ClCCCl.On1nnc2ccccc21. The first-order valence-corrected chi connectivity index (χ1v) is 4.98. The fourth-order valence-corrected chi connectivity index (χ4v) is 0.857. The van der Waals surface area contributed by atoms with Crippen molar-refractivity contribution in [2.24, 2.45) is 0 Å². The molecule has 0 radical (unpaired) electrons. The summed E-state index contributed by atoms with van der Waals surface area (Å²) in [4.78, 5) is 0.759. The predicted octanol–water partition coefficient (Wildman–Crippen LogP) is 2.13. The van der Waals surface area contributed by atoms with Gasteiger partial charge in [0, 0.05) is 11.8 Å². The summed E-state index contributed by atoms with van der Waals surface area (Å²) in [5.41, 5.74) is 1.33. The molecule has 0 atom stereocenters. The van der Waals surface area contributed by atoms with E-state index in [0.717, 1.165) is 4.85 Å². The predicted molar refractivity (Wildman–Crippen MR) is 56.2 cm³/mol. The second-order valence-corrected chi connectivity index (χ2v) is 3.10. The number of rotatable bonds is 1. The highest BCUT2D eigenvalue weighted by Gasteiger charge is 1.98. The molecule has 0 bridgehead atoms. The van der Waals surface area contributed by atoms with Gasteiger partial charge in [0.1, 0.15) is 11.0 Å². The molecule has 0 aliphatic heterocycles. The van der Waals surface area contributed by atoms with E-state index < -0.39 is 0 Å². The molecule has 1 N–H and O–H groups in total. The van der Waals surface area contributed by atoms with E-state index in [1.807, 2.05) is 12.1 Å². The number of hydrogen-bond acceptors (Lipinski definition) is 3. The Labute approximate surface area is 91.0 Å². The van der Waals surface area contributed by atoms with Crippen LogP contribution in [0.3, 0.4) is 0 Å². The first-order valence-electron chi connectivity index (χ1n) is 3.91. The Hall–Kier alpha value is -1.00. The van der Waals surface area contributed by atoms with Crippen molar-refractivity contribution in [3.05, 3.63) is 24.3 Å². The van der Waals surface area contributed by atoms with Crippen molar-refractivity contribution in [2.45, 2.75) is 0 Å². The number of hydrogen-bond donors (Lipinski definition) is 1. The molecule has 1 aromatic heterocycles. The molecule has 2 rings (SSSR count). The summed E-state index contributed by atoms with van der Waals surface area (Å²) in [5.74, 6) is 1.11. The summed E-state index contributed by atoms with van der Waals surface area (Å²) < 4.78 is 0. The van der Waals surface area contributed by atoms with Gasteiger partial charge in [-0.15, -0.1) is 28.3 Å². The molecule has 0 spiro atoms. The van der Waals surface area contributed by atoms with E-state index in [9.17, 15) is 0 Å². The fourth-order valence-electron chi connectivity index (χ4n) is 0.857. The Bertz CT molecular complexity index is 389. The summed E-state index contributed by atoms with van der Waals surface area (Å²) in [6.45, 7) is 0. The van der Waals surface area contributed by atoms with Gasteiger partial charge in [-0.3, -0.25) is 0 Å². The van der Waals surface area contributed by atoms with Crippen LogP contribution in [0.2, 0.25) is 0 Å². The Morgan fingerprint density at radius 3 is 2.43 bits per heavy atom. The van der Waals surface area contributed by atoms with Crippen LogP contribution in [-0.2, 0) is 0 Å². The van der Waals surface area contributed by atoms with Crippen LogP contribution in [0, 0.1) is 0 Å². The highest BCUT2D eigenvalue weighted by molar-refractivity contribution is 6.25. The van der Waals surface area contributed by atoms with E-state index in [2.05, 4.69) is 10.3 Å². The van der Waals surface area contributed by atoms with Gasteiger partial charge in [0.2, 0.25) is 0 Å². The number of fused-ring (bicyclic) bond motifs is 1. The molecule has 14 heavy (non-hydrogen) atoms. The molecule has 0 aliphatic carbocycles. The summed E-state index contributed by atoms with van der Waals surface area (Å²) >= 11 is 10.1. The highest BCUT2D eigenvalue weighted by atomic mass is 35.5. The van der Waals surface area contributed by atoms with Crippen LogP contribution < -0.4 is 0 Å². The molecule has 1 aromatic carbocycles. The number of aromatic nitrogens is 3. The quantitative estimate of drug-likeness (QED) is 0.607. The van der Waals surface area contributed by atoms with Crippen LogP contribution in [0.1, 0.15) is 0 Å². The molecule has 0 amide bonds. The van der Waals surface area contributed by atoms with Gasteiger partial charge >= 0.3 is 0 Å². The van der Waals surface area contributed by atoms with Gasteiger partial charge < -0.3 is 5.21 Å². The first kappa shape index (κ1) is 11.1. The van der Waals surface area contributed by atoms with E-state index in [0.29, 0.717) is 22.8 Å². The lowest BCUT2D eigenvalue weighted by Crippen LogP contribution is -1.90. The number of halogens is 2. The number of nitrogens with zero attached hydrogens (tertiary/aromatic N) is 3. The first-order chi connectivity index (χ1) is 6.79. The maximum absolute atomic E-state index is 8.95. The van der Waals surface area contributed by atoms with Crippen LogP contribution in [0.25, 0.3) is 11.0 Å². The third-order valence-electron chi connectivity index (χ3n) is 1.41. The van der Waals surface area contributed by atoms with E-state index in [1.165, 1.54) is 0 Å². The van der Waals surface area contributed by atoms with E-state index in [-0.39, 0.29) is 0 Å². The van der Waals surface area contributed by atoms with Gasteiger partial charge in [-0.25, -0.2) is 0 Å². The van der Waals surface area contributed by atoms with Crippen LogP contribution in [0.4, 0.5) is 0 Å². The zero-order valence-corrected chi connectivity index (χ0v) is 8.78. The minimum Gasteiger partial charge on any atom is -0.410 e. The van der Waals surface area contributed by atoms with E-state index in [1.54, 1.807) is 12.1 Å². The lowest BCUT2D eigenvalue weighted by Gasteiger charge is -1.85. The summed E-state index contributed by atoms with van der Waals surface area (Å²) in [6.07, 6.45) is 0. The molecule has 4 nitrogen and oxygen atoms in total. The van der Waals surface area contributed by atoms with Gasteiger partial charge in [-0.05, 0) is 17.3 Å². The van der Waals surface area contributed by atoms with Crippen molar-refractivity contribution in [3.8, 4) is 0 Å². The average molecular weight is 234 g/mol. The molecule has 1 heterocycles. The van der Waals surface area contributed by atoms with Gasteiger partial charge in [0.05, 0.1) is 0 Å². The second kappa shape index (κ2) is 5.67. The van der Waals surface area contributed by atoms with Gasteiger partial charge in [0.25, 0.3) is 0 Å². The number of benzene rings is 1. The fraction of sp³-hybridized carbons (Fsp3) is 0.250. The minimum absolute atomic E-state index is 0.557. The lowest BCUT2D eigenvalue weighted by atomic mass is 10.3. The number of alkyl halides is 2. The summed E-state index contributed by atoms with van der Waals surface area (Å²) in [5, 5.41) is 16.1. The minimum atomic E-state index is 0.557. The summed E-state index contributed by atoms with van der Waals surface area (Å²) in [7, 11) is 0. The molecule has 0 aliphatic rings. The van der Waals surface area contributed by atoms with Crippen molar-refractivity contribution in [2.75, 3.05) is 11.8 Å². The lowest BCUT2D eigenvalue weighted by molar-refractivity contribution is 0.155. The number of para-hydroxylation sites is 1. The average Bonchev–Trinajstić information content (AvgIpc) is 2.62. The molecular weight excluding hydrogens is 225 g/mol. The van der Waals surface area contributed by atoms with Crippen molar-refractivity contribution < 1.29 is 5.21 Å². The molecule has 0 saturated heterocycles. The van der Waals surface area contributed by atoms with Crippen LogP contribution >= 0.6 is 23.2 Å².